The van der Waals surface area contributed by atoms with Crippen molar-refractivity contribution in [2.45, 2.75) is 26.2 Å². The van der Waals surface area contributed by atoms with E-state index in [1.165, 1.54) is 34.0 Å². The summed E-state index contributed by atoms with van der Waals surface area (Å²) >= 11 is -0.0191. The van der Waals surface area contributed by atoms with Crippen molar-refractivity contribution in [2.75, 3.05) is 0 Å². The Balaban J connectivity index is 2.13. The van der Waals surface area contributed by atoms with Crippen LogP contribution in [-0.2, 0) is 0 Å². The molecule has 0 saturated heterocycles. The SMILES string of the molecule is CCCC/C(=C/[I+]c1ccccc1)c1ccccc1. The number of halogens is 1. The maximum atomic E-state index is 2.50. The monoisotopic (exact) mass is 363 g/mol. The highest BCUT2D eigenvalue weighted by Gasteiger charge is 2.11. The van der Waals surface area contributed by atoms with E-state index in [4.69, 9.17) is 0 Å². The van der Waals surface area contributed by atoms with Gasteiger partial charge in [0.05, 0.1) is 0 Å². The van der Waals surface area contributed by atoms with Crippen LogP contribution in [0.1, 0.15) is 31.7 Å². The molecule has 0 nitrogen and oxygen atoms in total. The third kappa shape index (κ3) is 4.83. The fourth-order valence-corrected chi connectivity index (χ4v) is 4.13. The molecule has 0 fully saturated rings. The summed E-state index contributed by atoms with van der Waals surface area (Å²) in [5.41, 5.74) is 2.92. The highest BCUT2D eigenvalue weighted by Crippen LogP contribution is 2.18. The predicted octanol–water partition coefficient (Wildman–Crippen LogP) is 2.18. The normalized spacial score (nSPS) is 11.5. The van der Waals surface area contributed by atoms with Crippen molar-refractivity contribution in [3.05, 3.63) is 73.9 Å². The van der Waals surface area contributed by atoms with E-state index in [0.29, 0.717) is 0 Å². The number of hydrogen-bond donors (Lipinski definition) is 0. The van der Waals surface area contributed by atoms with Crippen LogP contribution < -0.4 is 21.2 Å². The topological polar surface area (TPSA) is 0 Å². The maximum absolute atomic E-state index is 2.50. The standard InChI is InChI=1S/C18H20I/c1-2-3-10-17(16-11-6-4-7-12-16)15-19-18-13-8-5-9-14-18/h4-9,11-15H,2-3,10H2,1H3/q+1/b17-15-. The fourth-order valence-electron chi connectivity index (χ4n) is 1.90. The minimum atomic E-state index is -0.0191. The lowest BCUT2D eigenvalue weighted by atomic mass is 10.0. The van der Waals surface area contributed by atoms with E-state index in [1.807, 2.05) is 0 Å². The minimum absolute atomic E-state index is 0.0191. The van der Waals surface area contributed by atoms with Gasteiger partial charge in [0.1, 0.15) is 0 Å². The van der Waals surface area contributed by atoms with Gasteiger partial charge in [0.25, 0.3) is 0 Å². The van der Waals surface area contributed by atoms with E-state index in [-0.39, 0.29) is 21.2 Å². The molecular weight excluding hydrogens is 343 g/mol. The fraction of sp³-hybridized carbons (Fsp3) is 0.222. The third-order valence-corrected chi connectivity index (χ3v) is 5.49. The summed E-state index contributed by atoms with van der Waals surface area (Å²) in [7, 11) is 0. The van der Waals surface area contributed by atoms with Gasteiger partial charge in [0.15, 0.2) is 7.65 Å². The Bertz CT molecular complexity index is 500. The maximum Gasteiger partial charge on any atom is 0.349 e. The summed E-state index contributed by atoms with van der Waals surface area (Å²) < 4.78 is 3.99. The predicted molar refractivity (Wildman–Crippen MR) is 79.1 cm³/mol. The third-order valence-electron chi connectivity index (χ3n) is 2.99. The first-order valence-corrected chi connectivity index (χ1v) is 9.15. The van der Waals surface area contributed by atoms with E-state index >= 15 is 0 Å². The molecule has 0 bridgehead atoms. The zero-order chi connectivity index (χ0) is 13.3. The van der Waals surface area contributed by atoms with Gasteiger partial charge in [-0.15, -0.1) is 0 Å². The molecule has 0 amide bonds. The van der Waals surface area contributed by atoms with Crippen LogP contribution in [-0.4, -0.2) is 0 Å². The van der Waals surface area contributed by atoms with Crippen LogP contribution in [0.2, 0.25) is 0 Å². The van der Waals surface area contributed by atoms with Gasteiger partial charge in [0.2, 0.25) is 0 Å². The Morgan fingerprint density at radius 2 is 1.58 bits per heavy atom. The zero-order valence-electron chi connectivity index (χ0n) is 11.4. The highest BCUT2D eigenvalue weighted by molar-refractivity contribution is 5.64. The lowest BCUT2D eigenvalue weighted by Gasteiger charge is -2.03. The van der Waals surface area contributed by atoms with Crippen molar-refractivity contribution >= 4 is 5.57 Å². The van der Waals surface area contributed by atoms with Crippen LogP contribution in [0.3, 0.4) is 0 Å². The second-order valence-corrected chi connectivity index (χ2v) is 7.00. The van der Waals surface area contributed by atoms with E-state index < -0.39 is 0 Å². The van der Waals surface area contributed by atoms with Crippen molar-refractivity contribution in [1.82, 2.24) is 0 Å². The molecule has 0 aliphatic heterocycles. The molecule has 0 atom stereocenters. The van der Waals surface area contributed by atoms with Gasteiger partial charge in [-0.2, -0.15) is 0 Å². The van der Waals surface area contributed by atoms with Gasteiger partial charge in [-0.05, 0) is 30.5 Å². The second kappa shape index (κ2) is 8.16. The Hall–Kier alpha value is -1.09. The number of rotatable bonds is 6. The molecule has 19 heavy (non-hydrogen) atoms. The molecular formula is C18H20I+. The molecule has 98 valence electrons. The van der Waals surface area contributed by atoms with Gasteiger partial charge < -0.3 is 0 Å². The largest absolute Gasteiger partial charge is 0.349 e. The van der Waals surface area contributed by atoms with E-state index in [0.717, 1.165) is 0 Å². The number of unbranched alkanes of at least 4 members (excludes halogenated alkanes) is 1. The number of allylic oxidation sites excluding steroid dienone is 1. The molecule has 0 spiro atoms. The molecule has 0 saturated carbocycles. The molecule has 0 aromatic heterocycles. The molecule has 0 unspecified atom stereocenters. The van der Waals surface area contributed by atoms with Crippen molar-refractivity contribution in [2.24, 2.45) is 0 Å². The average molecular weight is 363 g/mol. The van der Waals surface area contributed by atoms with Crippen molar-refractivity contribution in [3.63, 3.8) is 0 Å². The quantitative estimate of drug-likeness (QED) is 0.691. The van der Waals surface area contributed by atoms with Crippen LogP contribution in [0, 0.1) is 3.57 Å². The molecule has 2 rings (SSSR count). The number of hydrogen-bond acceptors (Lipinski definition) is 0. The van der Waals surface area contributed by atoms with Gasteiger partial charge >= 0.3 is 21.2 Å². The van der Waals surface area contributed by atoms with Crippen molar-refractivity contribution in [1.29, 1.82) is 0 Å². The van der Waals surface area contributed by atoms with Crippen LogP contribution >= 0.6 is 0 Å². The Labute approximate surface area is 126 Å². The van der Waals surface area contributed by atoms with Crippen LogP contribution in [0.5, 0.6) is 0 Å². The summed E-state index contributed by atoms with van der Waals surface area (Å²) in [6.45, 7) is 2.26. The van der Waals surface area contributed by atoms with E-state index in [1.54, 1.807) is 0 Å². The first-order valence-electron chi connectivity index (χ1n) is 6.83. The van der Waals surface area contributed by atoms with Gasteiger partial charge in [-0.25, -0.2) is 0 Å². The first kappa shape index (κ1) is 14.3. The zero-order valence-corrected chi connectivity index (χ0v) is 13.5. The lowest BCUT2D eigenvalue weighted by Crippen LogP contribution is -3.59. The van der Waals surface area contributed by atoms with Gasteiger partial charge in [-0.1, -0.05) is 61.9 Å². The summed E-state index contributed by atoms with van der Waals surface area (Å²) in [5, 5.41) is 0. The molecule has 0 N–H and O–H groups in total. The minimum Gasteiger partial charge on any atom is -0.0654 e. The molecule has 1 heteroatoms. The Morgan fingerprint density at radius 3 is 2.21 bits per heavy atom. The van der Waals surface area contributed by atoms with E-state index in [9.17, 15) is 0 Å². The summed E-state index contributed by atoms with van der Waals surface area (Å²) in [6, 6.07) is 21.7. The van der Waals surface area contributed by atoms with Crippen LogP contribution in [0.4, 0.5) is 0 Å². The molecule has 0 radical (unpaired) electrons. The van der Waals surface area contributed by atoms with Crippen molar-refractivity contribution in [3.8, 4) is 0 Å². The summed E-state index contributed by atoms with van der Waals surface area (Å²) in [4.78, 5) is 0. The average Bonchev–Trinajstić information content (AvgIpc) is 2.49. The second-order valence-electron chi connectivity index (χ2n) is 4.51. The van der Waals surface area contributed by atoms with E-state index in [2.05, 4.69) is 71.7 Å². The van der Waals surface area contributed by atoms with Gasteiger partial charge in [-0.3, -0.25) is 0 Å². The lowest BCUT2D eigenvalue weighted by molar-refractivity contribution is -0.556. The van der Waals surface area contributed by atoms with Crippen LogP contribution in [0.25, 0.3) is 5.57 Å². The van der Waals surface area contributed by atoms with Crippen molar-refractivity contribution < 1.29 is 21.2 Å². The number of benzene rings is 2. The smallest absolute Gasteiger partial charge is 0.0654 e. The Kier molecular flexibility index (Phi) is 6.15. The molecule has 2 aromatic rings. The molecule has 0 heterocycles. The highest BCUT2D eigenvalue weighted by atomic mass is 127. The summed E-state index contributed by atoms with van der Waals surface area (Å²) in [5.74, 6) is 0. The summed E-state index contributed by atoms with van der Waals surface area (Å²) in [6.07, 6.45) is 3.74. The molecule has 0 aliphatic rings. The van der Waals surface area contributed by atoms with Gasteiger partial charge in [0, 0.05) is 5.57 Å². The van der Waals surface area contributed by atoms with Crippen LogP contribution in [0.15, 0.2) is 64.7 Å². The molecule has 2 aromatic carbocycles. The first-order chi connectivity index (χ1) is 9.40. The Morgan fingerprint density at radius 1 is 0.947 bits per heavy atom. The molecule has 0 aliphatic carbocycles.